The monoisotopic (exact) mass is 556 g/mol. The zero-order chi connectivity index (χ0) is 25.5. The summed E-state index contributed by atoms with van der Waals surface area (Å²) in [6.45, 7) is 3.54. The summed E-state index contributed by atoms with van der Waals surface area (Å²) in [5.74, 6) is 4.68. The Morgan fingerprint density at radius 2 is 2.03 bits per heavy atom. The van der Waals surface area contributed by atoms with E-state index in [0.717, 1.165) is 46.4 Å². The van der Waals surface area contributed by atoms with Crippen LogP contribution < -0.4 is 20.1 Å². The smallest absolute Gasteiger partial charge is 0.327 e. The van der Waals surface area contributed by atoms with Gasteiger partial charge in [0, 0.05) is 42.0 Å². The molecule has 5 heterocycles. The van der Waals surface area contributed by atoms with Gasteiger partial charge in [-0.05, 0) is 46.6 Å². The molecule has 0 radical (unpaired) electrons. The second-order valence-corrected chi connectivity index (χ2v) is 9.40. The van der Waals surface area contributed by atoms with Crippen molar-refractivity contribution in [1.82, 2.24) is 29.9 Å². The Morgan fingerprint density at radius 3 is 2.81 bits per heavy atom. The third-order valence-corrected chi connectivity index (χ3v) is 6.94. The second kappa shape index (κ2) is 9.31. The highest BCUT2D eigenvalue weighted by Gasteiger charge is 2.26. The first kappa shape index (κ1) is 23.1. The van der Waals surface area contributed by atoms with Crippen LogP contribution >= 0.6 is 15.9 Å². The van der Waals surface area contributed by atoms with Crippen molar-refractivity contribution in [3.8, 4) is 35.7 Å². The number of nitrogens with zero attached hydrogens (tertiary/aromatic N) is 6. The lowest BCUT2D eigenvalue weighted by atomic mass is 10.1. The Hall–Kier alpha value is -4.27. The molecule has 0 saturated carbocycles. The van der Waals surface area contributed by atoms with E-state index in [-0.39, 0.29) is 12.1 Å². The summed E-state index contributed by atoms with van der Waals surface area (Å²) < 4.78 is 13.1. The van der Waals surface area contributed by atoms with Crippen LogP contribution in [0, 0.1) is 12.3 Å². The summed E-state index contributed by atoms with van der Waals surface area (Å²) in [6.07, 6.45) is 10.9. The molecular weight excluding hydrogens is 536 g/mol. The van der Waals surface area contributed by atoms with Crippen molar-refractivity contribution >= 4 is 43.7 Å². The lowest BCUT2D eigenvalue weighted by Crippen LogP contribution is -2.56. The third kappa shape index (κ3) is 4.30. The Morgan fingerprint density at radius 1 is 1.16 bits per heavy atom. The fraction of sp³-hybridized carbons (Fsp3) is 0.192. The minimum Gasteiger partial charge on any atom is -0.438 e. The minimum atomic E-state index is 0.0919. The van der Waals surface area contributed by atoms with Crippen LogP contribution in [-0.2, 0) is 6.42 Å². The number of benzene rings is 1. The molecule has 184 valence electrons. The Bertz CT molecular complexity index is 1690. The fourth-order valence-electron chi connectivity index (χ4n) is 4.21. The van der Waals surface area contributed by atoms with Crippen LogP contribution in [0.5, 0.6) is 23.4 Å². The van der Waals surface area contributed by atoms with Crippen molar-refractivity contribution in [3.63, 3.8) is 0 Å². The highest BCUT2D eigenvalue weighted by Crippen LogP contribution is 2.38. The van der Waals surface area contributed by atoms with Crippen LogP contribution in [0.2, 0.25) is 0 Å². The van der Waals surface area contributed by atoms with E-state index in [1.54, 1.807) is 24.8 Å². The second-order valence-electron chi connectivity index (χ2n) is 8.61. The number of halogens is 1. The summed E-state index contributed by atoms with van der Waals surface area (Å²) in [5.41, 5.74) is 8.93. The largest absolute Gasteiger partial charge is 0.438 e. The van der Waals surface area contributed by atoms with E-state index in [1.165, 1.54) is 0 Å². The molecule has 0 bridgehead atoms. The molecule has 1 saturated heterocycles. The van der Waals surface area contributed by atoms with Crippen molar-refractivity contribution in [2.75, 3.05) is 18.0 Å². The molecule has 3 N–H and O–H groups in total. The standard InChI is InChI=1S/C26H21BrN8O2/c1-3-14-7-17(10-29-9-14)37-26-33-23-21(22(27)19(4-2)32-23)25(34-26)36-16-5-6-20-18(8-16)24(31-13-30-20)35-11-15(28)12-35/h1,5-10,13,15H,4,11-12,28H2,2H3,(H,32,33,34). The first-order chi connectivity index (χ1) is 18.0. The number of aromatic amines is 1. The molecule has 37 heavy (non-hydrogen) atoms. The van der Waals surface area contributed by atoms with Gasteiger partial charge in [-0.25, -0.2) is 9.97 Å². The van der Waals surface area contributed by atoms with Gasteiger partial charge in [-0.3, -0.25) is 4.98 Å². The van der Waals surface area contributed by atoms with Gasteiger partial charge in [0.1, 0.15) is 23.5 Å². The Kier molecular flexibility index (Phi) is 5.82. The molecule has 1 fully saturated rings. The summed E-state index contributed by atoms with van der Waals surface area (Å²) in [5, 5.41) is 1.58. The van der Waals surface area contributed by atoms with Gasteiger partial charge in [0.2, 0.25) is 5.88 Å². The lowest BCUT2D eigenvalue weighted by molar-refractivity contribution is 0.416. The number of nitrogens with one attached hydrogen (secondary N) is 1. The number of pyridine rings is 1. The number of anilines is 1. The topological polar surface area (TPSA) is 128 Å². The SMILES string of the molecule is C#Cc1cncc(Oc2nc(Oc3ccc4ncnc(N5CC(N)C5)c4c3)c3c(Br)c(CC)[nH]c3n2)c1. The molecule has 0 atom stereocenters. The van der Waals surface area contributed by atoms with Crippen molar-refractivity contribution in [3.05, 3.63) is 58.7 Å². The van der Waals surface area contributed by atoms with Crippen molar-refractivity contribution in [1.29, 1.82) is 0 Å². The molecule has 6 rings (SSSR count). The zero-order valence-electron chi connectivity index (χ0n) is 19.8. The van der Waals surface area contributed by atoms with Crippen LogP contribution in [0.25, 0.3) is 21.9 Å². The number of aryl methyl sites for hydroxylation is 1. The van der Waals surface area contributed by atoms with Gasteiger partial charge in [-0.2, -0.15) is 9.97 Å². The van der Waals surface area contributed by atoms with E-state index < -0.39 is 0 Å². The van der Waals surface area contributed by atoms with E-state index in [2.05, 4.69) is 56.7 Å². The van der Waals surface area contributed by atoms with Gasteiger partial charge in [0.25, 0.3) is 0 Å². The average Bonchev–Trinajstić information content (AvgIpc) is 3.22. The van der Waals surface area contributed by atoms with E-state index in [0.29, 0.717) is 34.0 Å². The quantitative estimate of drug-likeness (QED) is 0.293. The first-order valence-electron chi connectivity index (χ1n) is 11.6. The molecule has 1 aliphatic rings. The lowest BCUT2D eigenvalue weighted by Gasteiger charge is -2.38. The number of rotatable bonds is 6. The zero-order valence-corrected chi connectivity index (χ0v) is 21.4. The number of terminal acetylenes is 1. The van der Waals surface area contributed by atoms with Crippen molar-refractivity contribution < 1.29 is 9.47 Å². The van der Waals surface area contributed by atoms with Crippen LogP contribution in [0.4, 0.5) is 5.82 Å². The van der Waals surface area contributed by atoms with Crippen LogP contribution in [0.3, 0.4) is 0 Å². The predicted molar refractivity (Wildman–Crippen MR) is 143 cm³/mol. The van der Waals surface area contributed by atoms with Gasteiger partial charge in [-0.1, -0.05) is 12.8 Å². The normalized spacial score (nSPS) is 13.5. The van der Waals surface area contributed by atoms with E-state index >= 15 is 0 Å². The third-order valence-electron chi connectivity index (χ3n) is 6.06. The summed E-state index contributed by atoms with van der Waals surface area (Å²) >= 11 is 3.68. The molecule has 1 aliphatic heterocycles. The molecule has 0 amide bonds. The maximum absolute atomic E-state index is 6.34. The molecule has 0 aliphatic carbocycles. The Labute approximate surface area is 220 Å². The molecular formula is C26H21BrN8O2. The summed E-state index contributed by atoms with van der Waals surface area (Å²) in [4.78, 5) is 27.6. The molecule has 10 nitrogen and oxygen atoms in total. The first-order valence-corrected chi connectivity index (χ1v) is 12.4. The van der Waals surface area contributed by atoms with Gasteiger partial charge >= 0.3 is 6.01 Å². The molecule has 5 aromatic rings. The summed E-state index contributed by atoms with van der Waals surface area (Å²) in [7, 11) is 0. The Balaban J connectivity index is 1.42. The van der Waals surface area contributed by atoms with Gasteiger partial charge in [0.15, 0.2) is 5.75 Å². The van der Waals surface area contributed by atoms with Crippen molar-refractivity contribution in [2.24, 2.45) is 5.73 Å². The summed E-state index contributed by atoms with van der Waals surface area (Å²) in [6, 6.07) is 7.57. The highest BCUT2D eigenvalue weighted by atomic mass is 79.9. The fourth-order valence-corrected chi connectivity index (χ4v) is 4.95. The van der Waals surface area contributed by atoms with Crippen LogP contribution in [0.1, 0.15) is 18.2 Å². The maximum Gasteiger partial charge on any atom is 0.327 e. The molecule has 4 aromatic heterocycles. The number of hydrogen-bond acceptors (Lipinski definition) is 9. The number of fused-ring (bicyclic) bond motifs is 2. The van der Waals surface area contributed by atoms with Gasteiger partial charge in [-0.15, -0.1) is 6.42 Å². The maximum atomic E-state index is 6.34. The molecule has 0 unspecified atom stereocenters. The van der Waals surface area contributed by atoms with E-state index in [4.69, 9.17) is 21.6 Å². The number of nitrogens with two attached hydrogens (primary N) is 1. The van der Waals surface area contributed by atoms with Crippen LogP contribution in [0.15, 0.2) is 47.5 Å². The van der Waals surface area contributed by atoms with Gasteiger partial charge < -0.3 is 25.1 Å². The van der Waals surface area contributed by atoms with Gasteiger partial charge in [0.05, 0.1) is 21.6 Å². The van der Waals surface area contributed by atoms with Crippen molar-refractivity contribution in [2.45, 2.75) is 19.4 Å². The molecule has 0 spiro atoms. The number of H-pyrrole nitrogens is 1. The number of aromatic nitrogens is 6. The molecule has 11 heteroatoms. The highest BCUT2D eigenvalue weighted by molar-refractivity contribution is 9.10. The number of hydrogen-bond donors (Lipinski definition) is 2. The van der Waals surface area contributed by atoms with E-state index in [9.17, 15) is 0 Å². The number of ether oxygens (including phenoxy) is 2. The predicted octanol–water partition coefficient (Wildman–Crippen LogP) is 4.33. The molecule has 1 aromatic carbocycles. The minimum absolute atomic E-state index is 0.0919. The van der Waals surface area contributed by atoms with Crippen LogP contribution in [-0.4, -0.2) is 49.0 Å². The van der Waals surface area contributed by atoms with E-state index in [1.807, 2.05) is 25.1 Å². The average molecular weight is 557 g/mol.